The molecule has 1 atom stereocenters. The molecule has 1 fully saturated rings. The Labute approximate surface area is 151 Å². The number of carbonyl (C=O) groups excluding carboxylic acids is 1. The fourth-order valence-corrected chi connectivity index (χ4v) is 3.32. The molecule has 0 saturated carbocycles. The van der Waals surface area contributed by atoms with Gasteiger partial charge in [-0.3, -0.25) is 4.79 Å². The summed E-state index contributed by atoms with van der Waals surface area (Å²) in [7, 11) is 1.57. The van der Waals surface area contributed by atoms with Crippen LogP contribution in [0.15, 0.2) is 59.1 Å². The third kappa shape index (κ3) is 2.94. The van der Waals surface area contributed by atoms with Gasteiger partial charge >= 0.3 is 0 Å². The number of nitrogens with zero attached hydrogens (tertiary/aromatic N) is 3. The molecule has 0 unspecified atom stereocenters. The van der Waals surface area contributed by atoms with Crippen LogP contribution in [0, 0.1) is 0 Å². The van der Waals surface area contributed by atoms with Crippen molar-refractivity contribution in [1.82, 2.24) is 15.0 Å². The number of para-hydroxylation sites is 1. The number of aromatic nitrogens is 2. The molecule has 4 rings (SSSR count). The first kappa shape index (κ1) is 16.3. The Bertz CT molecular complexity index is 907. The van der Waals surface area contributed by atoms with Gasteiger partial charge in [-0.15, -0.1) is 0 Å². The molecule has 0 spiro atoms. The van der Waals surface area contributed by atoms with Gasteiger partial charge in [-0.1, -0.05) is 47.6 Å². The zero-order chi connectivity index (χ0) is 17.9. The number of amides is 1. The molecule has 3 aromatic rings. The lowest BCUT2D eigenvalue weighted by molar-refractivity contribution is 0.0706. The molecule has 1 aliphatic heterocycles. The summed E-state index contributed by atoms with van der Waals surface area (Å²) in [4.78, 5) is 19.4. The summed E-state index contributed by atoms with van der Waals surface area (Å²) in [5.74, 6) is 1.50. The first-order chi connectivity index (χ1) is 12.8. The molecule has 0 aliphatic carbocycles. The van der Waals surface area contributed by atoms with Crippen molar-refractivity contribution in [3.63, 3.8) is 0 Å². The van der Waals surface area contributed by atoms with Crippen LogP contribution in [0.2, 0.25) is 0 Å². The molecular weight excluding hydrogens is 330 g/mol. The van der Waals surface area contributed by atoms with Crippen molar-refractivity contribution < 1.29 is 14.1 Å². The zero-order valence-electron chi connectivity index (χ0n) is 14.5. The van der Waals surface area contributed by atoms with Crippen LogP contribution in [0.4, 0.5) is 0 Å². The molecule has 0 radical (unpaired) electrons. The Morgan fingerprint density at radius 3 is 2.73 bits per heavy atom. The molecule has 6 heteroatoms. The number of likely N-dealkylation sites (tertiary alicyclic amines) is 1. The molecule has 1 saturated heterocycles. The van der Waals surface area contributed by atoms with E-state index >= 15 is 0 Å². The Morgan fingerprint density at radius 1 is 1.15 bits per heavy atom. The highest BCUT2D eigenvalue weighted by Crippen LogP contribution is 2.34. The van der Waals surface area contributed by atoms with Gasteiger partial charge in [0.25, 0.3) is 5.91 Å². The largest absolute Gasteiger partial charge is 0.496 e. The van der Waals surface area contributed by atoms with Gasteiger partial charge < -0.3 is 14.2 Å². The monoisotopic (exact) mass is 349 g/mol. The summed E-state index contributed by atoms with van der Waals surface area (Å²) >= 11 is 0. The van der Waals surface area contributed by atoms with Gasteiger partial charge in [-0.25, -0.2) is 0 Å². The number of hydrogen-bond acceptors (Lipinski definition) is 5. The van der Waals surface area contributed by atoms with Gasteiger partial charge in [0, 0.05) is 12.1 Å². The van der Waals surface area contributed by atoms with Crippen molar-refractivity contribution in [1.29, 1.82) is 0 Å². The van der Waals surface area contributed by atoms with E-state index in [4.69, 9.17) is 9.26 Å². The van der Waals surface area contributed by atoms with Crippen molar-refractivity contribution in [2.24, 2.45) is 0 Å². The van der Waals surface area contributed by atoms with E-state index in [-0.39, 0.29) is 11.9 Å². The van der Waals surface area contributed by atoms with Crippen molar-refractivity contribution >= 4 is 5.91 Å². The third-order valence-electron chi connectivity index (χ3n) is 4.61. The van der Waals surface area contributed by atoms with Crippen molar-refractivity contribution in [3.05, 3.63) is 66.1 Å². The van der Waals surface area contributed by atoms with Gasteiger partial charge in [0.1, 0.15) is 11.8 Å². The SMILES string of the molecule is COc1ccccc1C(=O)N1CCC[C@@H]1c1nc(-c2ccccc2)no1. The molecule has 0 N–H and O–H groups in total. The van der Waals surface area contributed by atoms with E-state index in [1.807, 2.05) is 42.5 Å². The molecule has 2 aromatic carbocycles. The van der Waals surface area contributed by atoms with Crippen LogP contribution in [0.1, 0.15) is 35.1 Å². The Morgan fingerprint density at radius 2 is 1.92 bits per heavy atom. The minimum absolute atomic E-state index is 0.0792. The maximum Gasteiger partial charge on any atom is 0.258 e. The fraction of sp³-hybridized carbons (Fsp3) is 0.250. The lowest BCUT2D eigenvalue weighted by Gasteiger charge is -2.22. The highest BCUT2D eigenvalue weighted by Gasteiger charge is 2.35. The second kappa shape index (κ2) is 7.00. The highest BCUT2D eigenvalue weighted by atomic mass is 16.5. The van der Waals surface area contributed by atoms with Crippen molar-refractivity contribution in [3.8, 4) is 17.1 Å². The summed E-state index contributed by atoms with van der Waals surface area (Å²) in [6, 6.07) is 16.7. The zero-order valence-corrected chi connectivity index (χ0v) is 14.5. The van der Waals surface area contributed by atoms with E-state index in [1.165, 1.54) is 0 Å². The van der Waals surface area contributed by atoms with Crippen LogP contribution in [-0.4, -0.2) is 34.6 Å². The Balaban J connectivity index is 1.61. The molecule has 1 amide bonds. The molecule has 132 valence electrons. The first-order valence-corrected chi connectivity index (χ1v) is 8.61. The van der Waals surface area contributed by atoms with Gasteiger partial charge in [-0.2, -0.15) is 4.98 Å². The highest BCUT2D eigenvalue weighted by molar-refractivity contribution is 5.97. The van der Waals surface area contributed by atoms with Crippen LogP contribution >= 0.6 is 0 Å². The molecule has 26 heavy (non-hydrogen) atoms. The quantitative estimate of drug-likeness (QED) is 0.718. The summed E-state index contributed by atoms with van der Waals surface area (Å²) in [5, 5.41) is 4.08. The number of rotatable bonds is 4. The van der Waals surface area contributed by atoms with Crippen LogP contribution in [-0.2, 0) is 0 Å². The number of methoxy groups -OCH3 is 1. The fourth-order valence-electron chi connectivity index (χ4n) is 3.32. The standard InChI is InChI=1S/C20H19N3O3/c1-25-17-12-6-5-10-15(17)20(24)23-13-7-11-16(23)19-21-18(22-26-19)14-8-3-2-4-9-14/h2-6,8-10,12,16H,7,11,13H2,1H3/t16-/m1/s1. The van der Waals surface area contributed by atoms with E-state index in [9.17, 15) is 4.79 Å². The number of benzene rings is 2. The van der Waals surface area contributed by atoms with Crippen LogP contribution in [0.5, 0.6) is 5.75 Å². The van der Waals surface area contributed by atoms with Gasteiger partial charge in [-0.05, 0) is 25.0 Å². The molecule has 1 aliphatic rings. The average Bonchev–Trinajstić information content (AvgIpc) is 3.37. The second-order valence-corrected chi connectivity index (χ2v) is 6.18. The van der Waals surface area contributed by atoms with Crippen LogP contribution < -0.4 is 4.74 Å². The summed E-state index contributed by atoms with van der Waals surface area (Å²) in [5.41, 5.74) is 1.44. The minimum atomic E-state index is -0.211. The van der Waals surface area contributed by atoms with Gasteiger partial charge in [0.2, 0.25) is 11.7 Å². The van der Waals surface area contributed by atoms with Crippen molar-refractivity contribution in [2.75, 3.05) is 13.7 Å². The smallest absolute Gasteiger partial charge is 0.258 e. The predicted molar refractivity (Wildman–Crippen MR) is 95.7 cm³/mol. The van der Waals surface area contributed by atoms with E-state index in [1.54, 1.807) is 24.1 Å². The minimum Gasteiger partial charge on any atom is -0.496 e. The Kier molecular flexibility index (Phi) is 4.39. The summed E-state index contributed by atoms with van der Waals surface area (Å²) in [6.45, 7) is 0.657. The average molecular weight is 349 g/mol. The summed E-state index contributed by atoms with van der Waals surface area (Å²) < 4.78 is 10.8. The normalized spacial score (nSPS) is 16.7. The van der Waals surface area contributed by atoms with Crippen molar-refractivity contribution in [2.45, 2.75) is 18.9 Å². The van der Waals surface area contributed by atoms with Crippen LogP contribution in [0.25, 0.3) is 11.4 Å². The molecule has 1 aromatic heterocycles. The topological polar surface area (TPSA) is 68.5 Å². The molecule has 6 nitrogen and oxygen atoms in total. The predicted octanol–water partition coefficient (Wildman–Crippen LogP) is 3.72. The lowest BCUT2D eigenvalue weighted by atomic mass is 10.1. The second-order valence-electron chi connectivity index (χ2n) is 6.18. The van der Waals surface area contributed by atoms with Gasteiger partial charge in [0.15, 0.2) is 0 Å². The van der Waals surface area contributed by atoms with Gasteiger partial charge in [0.05, 0.1) is 12.7 Å². The number of hydrogen-bond donors (Lipinski definition) is 0. The maximum atomic E-state index is 13.0. The number of carbonyl (C=O) groups is 1. The summed E-state index contributed by atoms with van der Waals surface area (Å²) in [6.07, 6.45) is 1.70. The molecule has 0 bridgehead atoms. The first-order valence-electron chi connectivity index (χ1n) is 8.61. The van der Waals surface area contributed by atoms with E-state index in [0.29, 0.717) is 29.6 Å². The Hall–Kier alpha value is -3.15. The molecule has 2 heterocycles. The third-order valence-corrected chi connectivity index (χ3v) is 4.61. The lowest BCUT2D eigenvalue weighted by Crippen LogP contribution is -2.31. The van der Waals surface area contributed by atoms with E-state index in [0.717, 1.165) is 18.4 Å². The van der Waals surface area contributed by atoms with Crippen LogP contribution in [0.3, 0.4) is 0 Å². The van der Waals surface area contributed by atoms with E-state index < -0.39 is 0 Å². The maximum absolute atomic E-state index is 13.0. The number of ether oxygens (including phenoxy) is 1. The molecular formula is C20H19N3O3. The van der Waals surface area contributed by atoms with E-state index in [2.05, 4.69) is 10.1 Å².